The molecule has 7 aromatic carbocycles. The Morgan fingerprint density at radius 1 is 0.297 bits per heavy atom. The number of nitrogens with zero attached hydrogens (tertiary/aromatic N) is 6. The third-order valence-corrected chi connectivity index (χ3v) is 30.2. The van der Waals surface area contributed by atoms with Gasteiger partial charge < -0.3 is 20.2 Å². The van der Waals surface area contributed by atoms with E-state index in [0.717, 1.165) is 158 Å². The molecule has 20 rings (SSSR count). The molecular weight excluding hydrogens is 1440 g/mol. The lowest BCUT2D eigenvalue weighted by atomic mass is 9.20. The number of H-pyrrole nitrogens is 2. The zero-order valence-corrected chi connectivity index (χ0v) is 74.5. The maximum atomic E-state index is 12.2. The molecule has 5 aromatic heterocycles. The lowest BCUT2D eigenvalue weighted by Gasteiger charge is -2.83. The van der Waals surface area contributed by atoms with Gasteiger partial charge in [-0.1, -0.05) is 277 Å². The second-order valence-electron chi connectivity index (χ2n) is 45.7. The predicted molar refractivity (Wildman–Crippen MR) is 490 cm³/mol. The summed E-state index contributed by atoms with van der Waals surface area (Å²) < 4.78 is 0. The average molecular weight is 1560 g/mol. The van der Waals surface area contributed by atoms with E-state index in [-0.39, 0.29) is 77.8 Å². The molecule has 10 nitrogen and oxygen atoms in total. The standard InChI is InChI=1S/C108H118N8O2/c1-99(2,3)57-37-53(38-58(45-57)100(4,5)6)81-71-31-32-72(109-71)82(54-39-59(101(7,8)9)46-60(40-54)102(10,11)12)74-34-36-76(111-74)84(56-43-63(105(19,20)21)48-64(44-56)106(22,23)24)94-96-95(93(116-94)83(75-35-33-73(81)110-75)55-41-61(103(13,14)15)47-62(42-55)104(16,17)18)114-79-51-77-78(52-80(79)115-96)113-92-70-50-69(91(92)112-77)89-90(70)108(26)88-68-49-67(87(88)107(89,108)25)85-86(68)98(118)66-30-28-27-29-65(66)97(85)117/h27-48,51-52,67-70,87-90,110-111,117-118H,49-50H2,1-26H3/t67-,68+,69-,70+,87?,88?,89?,90?,107?,108?. The highest BCUT2D eigenvalue weighted by Crippen LogP contribution is 2.95. The van der Waals surface area contributed by atoms with Gasteiger partial charge in [-0.3, -0.25) is 0 Å². The summed E-state index contributed by atoms with van der Waals surface area (Å²) in [6.07, 6.45) is 6.55. The van der Waals surface area contributed by atoms with E-state index in [1.165, 1.54) is 44.5 Å². The quantitative estimate of drug-likeness (QED) is 0.0773. The average Bonchev–Trinajstić information content (AvgIpc) is 1.39. The van der Waals surface area contributed by atoms with Crippen molar-refractivity contribution in [3.63, 3.8) is 0 Å². The van der Waals surface area contributed by atoms with Crippen LogP contribution in [0.2, 0.25) is 0 Å². The van der Waals surface area contributed by atoms with Crippen molar-refractivity contribution in [3.05, 3.63) is 212 Å². The summed E-state index contributed by atoms with van der Waals surface area (Å²) in [4.78, 5) is 44.9. The van der Waals surface area contributed by atoms with Crippen LogP contribution < -0.4 is 0 Å². The largest absolute Gasteiger partial charge is 0.507 e. The first-order valence-corrected chi connectivity index (χ1v) is 43.7. The second kappa shape index (κ2) is 24.4. The molecule has 0 spiro atoms. The molecule has 4 N–H and O–H groups in total. The Morgan fingerprint density at radius 3 is 0.856 bits per heavy atom. The molecule has 602 valence electrons. The van der Waals surface area contributed by atoms with Crippen molar-refractivity contribution in [3.8, 4) is 78.8 Å². The maximum absolute atomic E-state index is 12.2. The van der Waals surface area contributed by atoms with Crippen LogP contribution in [0, 0.1) is 34.5 Å². The Bertz CT molecular complexity index is 6140. The van der Waals surface area contributed by atoms with Gasteiger partial charge in [-0.2, -0.15) is 0 Å². The van der Waals surface area contributed by atoms with E-state index in [4.69, 9.17) is 29.9 Å². The molecule has 12 aromatic rings. The van der Waals surface area contributed by atoms with Gasteiger partial charge in [-0.15, -0.1) is 0 Å². The molecule has 10 heteroatoms. The normalized spacial score (nSPS) is 23.0. The molecule has 7 heterocycles. The van der Waals surface area contributed by atoms with Crippen LogP contribution in [0.3, 0.4) is 0 Å². The summed E-state index contributed by atoms with van der Waals surface area (Å²) in [5.74, 6) is 3.47. The summed E-state index contributed by atoms with van der Waals surface area (Å²) in [5, 5.41) is 25.9. The van der Waals surface area contributed by atoms with Crippen LogP contribution in [-0.2, 0) is 43.3 Å². The number of phenols is 2. The van der Waals surface area contributed by atoms with Crippen molar-refractivity contribution in [2.75, 3.05) is 0 Å². The zero-order valence-electron chi connectivity index (χ0n) is 74.5. The van der Waals surface area contributed by atoms with Crippen LogP contribution in [0.5, 0.6) is 11.5 Å². The number of phenolic OH excluding ortho intramolecular Hbond substituents is 2. The van der Waals surface area contributed by atoms with Crippen molar-refractivity contribution in [1.29, 1.82) is 0 Å². The first kappa shape index (κ1) is 76.6. The minimum Gasteiger partial charge on any atom is -0.507 e. The van der Waals surface area contributed by atoms with Gasteiger partial charge in [0.15, 0.2) is 0 Å². The summed E-state index contributed by atoms with van der Waals surface area (Å²) in [6, 6.07) is 50.4. The molecule has 6 unspecified atom stereocenters. The fraction of sp³-hybridized carbons (Fsp3) is 0.426. The number of fused-ring (bicyclic) bond motifs is 35. The van der Waals surface area contributed by atoms with Crippen molar-refractivity contribution < 1.29 is 10.2 Å². The van der Waals surface area contributed by atoms with Crippen molar-refractivity contribution in [2.24, 2.45) is 34.5 Å². The molecule has 8 aliphatic rings. The minimum absolute atomic E-state index is 0.0514. The van der Waals surface area contributed by atoms with Crippen LogP contribution in [0.4, 0.5) is 0 Å². The van der Waals surface area contributed by atoms with E-state index >= 15 is 0 Å². The number of benzene rings is 7. The van der Waals surface area contributed by atoms with Crippen LogP contribution in [0.25, 0.3) is 134 Å². The molecule has 0 amide bonds. The number of aromatic amines is 2. The highest BCUT2D eigenvalue weighted by Gasteiger charge is 2.89. The molecule has 0 radical (unpaired) electrons. The van der Waals surface area contributed by atoms with Gasteiger partial charge in [-0.05, 0) is 218 Å². The Hall–Kier alpha value is -10.1. The van der Waals surface area contributed by atoms with E-state index in [2.05, 4.69) is 311 Å². The number of aromatic hydroxyl groups is 2. The van der Waals surface area contributed by atoms with Crippen molar-refractivity contribution in [2.45, 2.75) is 260 Å². The topological polar surface area (TPSA) is 149 Å². The van der Waals surface area contributed by atoms with Crippen LogP contribution in [0.15, 0.2) is 133 Å². The Labute approximate surface area is 697 Å². The lowest BCUT2D eigenvalue weighted by molar-refractivity contribution is -0.349. The van der Waals surface area contributed by atoms with Gasteiger partial charge in [0.2, 0.25) is 0 Å². The van der Waals surface area contributed by atoms with Crippen molar-refractivity contribution in [1.82, 2.24) is 39.9 Å². The molecule has 118 heavy (non-hydrogen) atoms. The van der Waals surface area contributed by atoms with Crippen LogP contribution in [-0.4, -0.2) is 50.1 Å². The first-order chi connectivity index (χ1) is 55.1. The Balaban J connectivity index is 0.896. The van der Waals surface area contributed by atoms with Crippen LogP contribution >= 0.6 is 0 Å². The minimum atomic E-state index is -0.233. The molecule has 6 aliphatic carbocycles. The Morgan fingerprint density at radius 2 is 0.559 bits per heavy atom. The van der Waals surface area contributed by atoms with E-state index in [1.807, 2.05) is 24.3 Å². The predicted octanol–water partition coefficient (Wildman–Crippen LogP) is 27.7. The molecular formula is C108H118N8O2. The fourth-order valence-electron chi connectivity index (χ4n) is 23.7. The van der Waals surface area contributed by atoms with Gasteiger partial charge in [0.05, 0.1) is 44.8 Å². The van der Waals surface area contributed by atoms with Crippen molar-refractivity contribution >= 4 is 67.1 Å². The molecule has 4 saturated carbocycles. The maximum Gasteiger partial charge on any atom is 0.127 e. The fourth-order valence-corrected chi connectivity index (χ4v) is 23.7. The summed E-state index contributed by atoms with van der Waals surface area (Å²) in [6.45, 7) is 61.1. The number of nitrogens with one attached hydrogen (secondary N) is 2. The number of hydrogen-bond donors (Lipinski definition) is 4. The Kier molecular flexibility index (Phi) is 15.8. The van der Waals surface area contributed by atoms with Gasteiger partial charge in [0, 0.05) is 78.1 Å². The highest BCUT2D eigenvalue weighted by atomic mass is 16.3. The smallest absolute Gasteiger partial charge is 0.127 e. The molecule has 12 bridgehead atoms. The third-order valence-electron chi connectivity index (χ3n) is 30.2. The molecule has 0 saturated heterocycles. The SMILES string of the molecule is CC(C)(C)c1cc(-c2c3nc(c(-c4cc(C(C)(C)C)cc(C(C)(C)C)c4)c4ccc([nH]4)c(-c4cc(C(C)(C)C)cc(C(C)(C)C)c4)c4nc(c(-c5cc(C(C)(C)C)cc(C(C)(C)C)c5)c5ccc2[nH]5)-c2nc5cc6nc7c(nc6cc5nc2-4)[C@@H]2C[C@H]7C4C2C2(C)C5C([C@H]6C[C@@H]5c5c6c(O)c6ccccc6c5O)C42C)C=C3)cc(C(C)(C)C)c1. The van der Waals surface area contributed by atoms with Gasteiger partial charge in [0.1, 0.15) is 34.3 Å². The summed E-state index contributed by atoms with van der Waals surface area (Å²) in [7, 11) is 0. The highest BCUT2D eigenvalue weighted by molar-refractivity contribution is 6.06. The lowest BCUT2D eigenvalue weighted by Crippen LogP contribution is -2.79. The number of aromatic nitrogens is 8. The molecule has 2 aliphatic heterocycles. The molecule has 4 fully saturated rings. The van der Waals surface area contributed by atoms with E-state index in [9.17, 15) is 10.2 Å². The number of hydrogen-bond acceptors (Lipinski definition) is 8. The van der Waals surface area contributed by atoms with Crippen LogP contribution in [0.1, 0.15) is 295 Å². The third kappa shape index (κ3) is 11.0. The number of rotatable bonds is 4. The summed E-state index contributed by atoms with van der Waals surface area (Å²) in [5.41, 5.74) is 32.2. The van der Waals surface area contributed by atoms with E-state index in [0.29, 0.717) is 46.6 Å². The van der Waals surface area contributed by atoms with E-state index in [1.54, 1.807) is 0 Å². The monoisotopic (exact) mass is 1560 g/mol. The van der Waals surface area contributed by atoms with Gasteiger partial charge in [-0.25, -0.2) is 29.9 Å². The second-order valence-corrected chi connectivity index (χ2v) is 45.7. The summed E-state index contributed by atoms with van der Waals surface area (Å²) >= 11 is 0. The molecule has 10 atom stereocenters. The first-order valence-electron chi connectivity index (χ1n) is 43.7. The zero-order chi connectivity index (χ0) is 83.6. The van der Waals surface area contributed by atoms with E-state index < -0.39 is 0 Å². The van der Waals surface area contributed by atoms with Gasteiger partial charge >= 0.3 is 0 Å². The van der Waals surface area contributed by atoms with Gasteiger partial charge in [0.25, 0.3) is 0 Å².